The van der Waals surface area contributed by atoms with E-state index in [1.165, 1.54) is 32.1 Å². The van der Waals surface area contributed by atoms with Gasteiger partial charge in [0.1, 0.15) is 12.4 Å². The normalized spacial score (nSPS) is 15.3. The standard InChI is InChI=1S/C20H32N4O2/c1-21-20(24-14-15-26-18-10-6-3-7-11-18)23-13-12-22-19(25)16-17-8-4-2-5-9-17/h3,6-7,10-11,17H,2,4-5,8-9,12-16H2,1H3,(H,22,25)(H2,21,23,24). The summed E-state index contributed by atoms with van der Waals surface area (Å²) >= 11 is 0. The number of carbonyl (C=O) groups is 1. The van der Waals surface area contributed by atoms with Crippen LogP contribution in [0.1, 0.15) is 38.5 Å². The van der Waals surface area contributed by atoms with E-state index in [9.17, 15) is 4.79 Å². The molecule has 3 N–H and O–H groups in total. The van der Waals surface area contributed by atoms with Crippen LogP contribution in [0.5, 0.6) is 5.75 Å². The van der Waals surface area contributed by atoms with Crippen molar-refractivity contribution in [2.75, 3.05) is 33.3 Å². The zero-order valence-corrected chi connectivity index (χ0v) is 15.8. The molecule has 1 fully saturated rings. The third kappa shape index (κ3) is 8.23. The molecule has 0 atom stereocenters. The first-order valence-electron chi connectivity index (χ1n) is 9.67. The van der Waals surface area contributed by atoms with Crippen molar-refractivity contribution >= 4 is 11.9 Å². The average Bonchev–Trinajstić information content (AvgIpc) is 2.68. The van der Waals surface area contributed by atoms with Crippen LogP contribution in [0.2, 0.25) is 0 Å². The Labute approximate surface area is 156 Å². The molecule has 1 aromatic rings. The molecular weight excluding hydrogens is 328 g/mol. The Balaban J connectivity index is 1.50. The minimum absolute atomic E-state index is 0.165. The number of aliphatic imine (C=N–C) groups is 1. The number of rotatable bonds is 9. The van der Waals surface area contributed by atoms with E-state index in [1.807, 2.05) is 30.3 Å². The predicted octanol–water partition coefficient (Wildman–Crippen LogP) is 2.32. The van der Waals surface area contributed by atoms with E-state index >= 15 is 0 Å². The molecule has 144 valence electrons. The van der Waals surface area contributed by atoms with Crippen LogP contribution in [0, 0.1) is 5.92 Å². The summed E-state index contributed by atoms with van der Waals surface area (Å²) in [5.74, 6) is 2.31. The van der Waals surface area contributed by atoms with Gasteiger partial charge < -0.3 is 20.7 Å². The fraction of sp³-hybridized carbons (Fsp3) is 0.600. The third-order valence-corrected chi connectivity index (χ3v) is 4.57. The molecule has 1 saturated carbocycles. The highest BCUT2D eigenvalue weighted by Crippen LogP contribution is 2.25. The van der Waals surface area contributed by atoms with E-state index in [0.29, 0.717) is 44.5 Å². The van der Waals surface area contributed by atoms with Crippen LogP contribution in [-0.2, 0) is 4.79 Å². The molecule has 1 aliphatic rings. The van der Waals surface area contributed by atoms with Gasteiger partial charge in [-0.15, -0.1) is 0 Å². The number of hydrogen-bond acceptors (Lipinski definition) is 3. The van der Waals surface area contributed by atoms with Gasteiger partial charge in [-0.05, 0) is 30.9 Å². The van der Waals surface area contributed by atoms with Crippen molar-refractivity contribution in [1.82, 2.24) is 16.0 Å². The molecule has 0 saturated heterocycles. The summed E-state index contributed by atoms with van der Waals surface area (Å²) in [5, 5.41) is 9.38. The Bertz CT molecular complexity index is 542. The van der Waals surface area contributed by atoms with Crippen LogP contribution in [0.25, 0.3) is 0 Å². The van der Waals surface area contributed by atoms with Gasteiger partial charge in [0.25, 0.3) is 0 Å². The van der Waals surface area contributed by atoms with E-state index in [1.54, 1.807) is 7.05 Å². The average molecular weight is 361 g/mol. The Morgan fingerprint density at radius 2 is 1.73 bits per heavy atom. The van der Waals surface area contributed by atoms with Crippen molar-refractivity contribution in [1.29, 1.82) is 0 Å². The van der Waals surface area contributed by atoms with Crippen molar-refractivity contribution in [3.05, 3.63) is 30.3 Å². The number of hydrogen-bond donors (Lipinski definition) is 3. The number of carbonyl (C=O) groups excluding carboxylic acids is 1. The Morgan fingerprint density at radius 3 is 2.46 bits per heavy atom. The molecule has 6 nitrogen and oxygen atoms in total. The zero-order valence-electron chi connectivity index (χ0n) is 15.8. The number of benzene rings is 1. The van der Waals surface area contributed by atoms with Crippen molar-refractivity contribution in [2.24, 2.45) is 10.9 Å². The second-order valence-corrected chi connectivity index (χ2v) is 6.65. The maximum atomic E-state index is 12.0. The molecule has 0 bridgehead atoms. The monoisotopic (exact) mass is 360 g/mol. The van der Waals surface area contributed by atoms with Gasteiger partial charge in [0, 0.05) is 26.6 Å². The number of amides is 1. The second-order valence-electron chi connectivity index (χ2n) is 6.65. The van der Waals surface area contributed by atoms with E-state index in [4.69, 9.17) is 4.74 Å². The Morgan fingerprint density at radius 1 is 1.04 bits per heavy atom. The van der Waals surface area contributed by atoms with Gasteiger partial charge in [-0.1, -0.05) is 37.5 Å². The van der Waals surface area contributed by atoms with E-state index < -0.39 is 0 Å². The summed E-state index contributed by atoms with van der Waals surface area (Å²) in [4.78, 5) is 16.1. The highest BCUT2D eigenvalue weighted by atomic mass is 16.5. The first-order chi connectivity index (χ1) is 12.8. The molecule has 1 aromatic carbocycles. The largest absolute Gasteiger partial charge is 0.492 e. The van der Waals surface area contributed by atoms with Gasteiger partial charge in [-0.3, -0.25) is 9.79 Å². The molecule has 0 aliphatic heterocycles. The fourth-order valence-corrected chi connectivity index (χ4v) is 3.18. The number of guanidine groups is 1. The summed E-state index contributed by atoms with van der Waals surface area (Å²) in [6.07, 6.45) is 6.94. The molecule has 1 aliphatic carbocycles. The zero-order chi connectivity index (χ0) is 18.5. The first-order valence-corrected chi connectivity index (χ1v) is 9.67. The van der Waals surface area contributed by atoms with Crippen LogP contribution < -0.4 is 20.7 Å². The van der Waals surface area contributed by atoms with Gasteiger partial charge in [0.05, 0.1) is 6.54 Å². The molecule has 26 heavy (non-hydrogen) atoms. The summed E-state index contributed by atoms with van der Waals surface area (Å²) in [6, 6.07) is 9.73. The second kappa shape index (κ2) is 12.2. The lowest BCUT2D eigenvalue weighted by molar-refractivity contribution is -0.122. The lowest BCUT2D eigenvalue weighted by Gasteiger charge is -2.20. The first kappa shape index (κ1) is 20.1. The lowest BCUT2D eigenvalue weighted by atomic mass is 9.87. The van der Waals surface area contributed by atoms with Crippen molar-refractivity contribution < 1.29 is 9.53 Å². The third-order valence-electron chi connectivity index (χ3n) is 4.57. The predicted molar refractivity (Wildman–Crippen MR) is 106 cm³/mol. The number of para-hydroxylation sites is 1. The van der Waals surface area contributed by atoms with E-state index in [-0.39, 0.29) is 5.91 Å². The maximum absolute atomic E-state index is 12.0. The molecular formula is C20H32N4O2. The molecule has 0 aromatic heterocycles. The number of nitrogens with zero attached hydrogens (tertiary/aromatic N) is 1. The van der Waals surface area contributed by atoms with Crippen LogP contribution >= 0.6 is 0 Å². The van der Waals surface area contributed by atoms with Crippen molar-refractivity contribution in [3.63, 3.8) is 0 Å². The van der Waals surface area contributed by atoms with Crippen LogP contribution in [0.3, 0.4) is 0 Å². The van der Waals surface area contributed by atoms with Gasteiger partial charge in [-0.25, -0.2) is 0 Å². The topological polar surface area (TPSA) is 74.8 Å². The molecule has 0 spiro atoms. The molecule has 6 heteroatoms. The lowest BCUT2D eigenvalue weighted by Crippen LogP contribution is -2.42. The SMILES string of the molecule is CN=C(NCCNC(=O)CC1CCCCC1)NCCOc1ccccc1. The molecule has 1 amide bonds. The smallest absolute Gasteiger partial charge is 0.220 e. The van der Waals surface area contributed by atoms with Crippen LogP contribution in [0.4, 0.5) is 0 Å². The van der Waals surface area contributed by atoms with Gasteiger partial charge in [0.2, 0.25) is 5.91 Å². The molecule has 2 rings (SSSR count). The maximum Gasteiger partial charge on any atom is 0.220 e. The highest BCUT2D eigenvalue weighted by Gasteiger charge is 2.16. The minimum Gasteiger partial charge on any atom is -0.492 e. The van der Waals surface area contributed by atoms with Crippen LogP contribution in [-0.4, -0.2) is 45.2 Å². The van der Waals surface area contributed by atoms with E-state index in [0.717, 1.165) is 5.75 Å². The molecule has 0 heterocycles. The quantitative estimate of drug-likeness (QED) is 0.359. The number of nitrogens with one attached hydrogen (secondary N) is 3. The molecule has 0 radical (unpaired) electrons. The summed E-state index contributed by atoms with van der Waals surface area (Å²) in [5.41, 5.74) is 0. The van der Waals surface area contributed by atoms with Gasteiger partial charge >= 0.3 is 0 Å². The summed E-state index contributed by atoms with van der Waals surface area (Å²) < 4.78 is 5.63. The number of ether oxygens (including phenoxy) is 1. The van der Waals surface area contributed by atoms with Gasteiger partial charge in [-0.2, -0.15) is 0 Å². The summed E-state index contributed by atoms with van der Waals surface area (Å²) in [6.45, 7) is 2.47. The van der Waals surface area contributed by atoms with E-state index in [2.05, 4.69) is 20.9 Å². The van der Waals surface area contributed by atoms with Crippen molar-refractivity contribution in [2.45, 2.75) is 38.5 Å². The molecule has 0 unspecified atom stereocenters. The van der Waals surface area contributed by atoms with Crippen molar-refractivity contribution in [3.8, 4) is 5.75 Å². The Hall–Kier alpha value is -2.24. The highest BCUT2D eigenvalue weighted by molar-refractivity contribution is 5.79. The van der Waals surface area contributed by atoms with Crippen LogP contribution in [0.15, 0.2) is 35.3 Å². The summed E-state index contributed by atoms with van der Waals surface area (Å²) in [7, 11) is 1.73. The fourth-order valence-electron chi connectivity index (χ4n) is 3.18. The minimum atomic E-state index is 0.165. The Kier molecular flexibility index (Phi) is 9.40. The van der Waals surface area contributed by atoms with Gasteiger partial charge in [0.15, 0.2) is 5.96 Å².